The molecule has 2 heteroatoms. The summed E-state index contributed by atoms with van der Waals surface area (Å²) in [4.78, 5) is 11.4. The molecule has 1 N–H and O–H groups in total. The molecule has 0 spiro atoms. The molecule has 0 aromatic heterocycles. The van der Waals surface area contributed by atoms with E-state index >= 15 is 0 Å². The summed E-state index contributed by atoms with van der Waals surface area (Å²) in [7, 11) is 0. The number of carboxylic acid groups (broad SMARTS) is 1. The van der Waals surface area contributed by atoms with E-state index in [-0.39, 0.29) is 0 Å². The lowest BCUT2D eigenvalue weighted by Gasteiger charge is -2.11. The number of rotatable bonds is 4. The van der Waals surface area contributed by atoms with Crippen LogP contribution in [0.2, 0.25) is 0 Å². The first-order valence-electron chi connectivity index (χ1n) is 6.16. The number of hydrogen-bond donors (Lipinski definition) is 1. The highest BCUT2D eigenvalue weighted by Crippen LogP contribution is 2.28. The normalized spacial score (nSPS) is 10.2. The third-order valence-corrected chi connectivity index (χ3v) is 3.13. The Morgan fingerprint density at radius 3 is 2.58 bits per heavy atom. The van der Waals surface area contributed by atoms with Gasteiger partial charge in [0.05, 0.1) is 5.56 Å². The van der Waals surface area contributed by atoms with Crippen LogP contribution in [0.1, 0.15) is 21.5 Å². The number of aryl methyl sites for hydroxylation is 1. The lowest BCUT2D eigenvalue weighted by molar-refractivity contribution is 0.0697. The summed E-state index contributed by atoms with van der Waals surface area (Å²) < 4.78 is 0. The highest BCUT2D eigenvalue weighted by molar-refractivity contribution is 5.96. The fourth-order valence-corrected chi connectivity index (χ4v) is 2.17. The van der Waals surface area contributed by atoms with Gasteiger partial charge in [0.15, 0.2) is 0 Å². The molecule has 0 unspecified atom stereocenters. The molecule has 2 rings (SSSR count). The second-order valence-corrected chi connectivity index (χ2v) is 4.49. The summed E-state index contributed by atoms with van der Waals surface area (Å²) in [6.07, 6.45) is 2.55. The topological polar surface area (TPSA) is 37.3 Å². The maximum absolute atomic E-state index is 11.4. The van der Waals surface area contributed by atoms with Gasteiger partial charge in [0.1, 0.15) is 0 Å². The van der Waals surface area contributed by atoms with Crippen molar-refractivity contribution in [3.63, 3.8) is 0 Å². The van der Waals surface area contributed by atoms with Crippen LogP contribution < -0.4 is 0 Å². The molecule has 0 aliphatic heterocycles. The molecule has 0 fully saturated rings. The molecule has 0 bridgehead atoms. The quantitative estimate of drug-likeness (QED) is 0.832. The number of aromatic carboxylic acids is 1. The van der Waals surface area contributed by atoms with Gasteiger partial charge in [-0.25, -0.2) is 4.79 Å². The Hall–Kier alpha value is -2.35. The summed E-state index contributed by atoms with van der Waals surface area (Å²) >= 11 is 0. The molecule has 0 heterocycles. The number of carboxylic acids is 1. The van der Waals surface area contributed by atoms with Gasteiger partial charge in [-0.1, -0.05) is 36.4 Å². The van der Waals surface area contributed by atoms with E-state index in [4.69, 9.17) is 0 Å². The van der Waals surface area contributed by atoms with Crippen molar-refractivity contribution in [2.24, 2.45) is 0 Å². The lowest BCUT2D eigenvalue weighted by Crippen LogP contribution is -2.01. The van der Waals surface area contributed by atoms with Crippen molar-refractivity contribution in [1.29, 1.82) is 0 Å². The Morgan fingerprint density at radius 2 is 1.95 bits per heavy atom. The summed E-state index contributed by atoms with van der Waals surface area (Å²) in [6.45, 7) is 5.70. The van der Waals surface area contributed by atoms with Crippen LogP contribution in [0, 0.1) is 6.92 Å². The average molecular weight is 252 g/mol. The minimum atomic E-state index is -0.900. The van der Waals surface area contributed by atoms with Crippen LogP contribution in [-0.2, 0) is 6.42 Å². The van der Waals surface area contributed by atoms with Gasteiger partial charge in [-0.2, -0.15) is 0 Å². The Balaban J connectivity index is 2.64. The van der Waals surface area contributed by atoms with E-state index in [1.54, 1.807) is 6.07 Å². The molecule has 0 saturated carbocycles. The van der Waals surface area contributed by atoms with Crippen LogP contribution in [0.25, 0.3) is 11.1 Å². The summed E-state index contributed by atoms with van der Waals surface area (Å²) in [6, 6.07) is 13.3. The van der Waals surface area contributed by atoms with E-state index in [0.29, 0.717) is 5.56 Å². The molecular weight excluding hydrogens is 236 g/mol. The van der Waals surface area contributed by atoms with E-state index in [0.717, 1.165) is 28.7 Å². The molecule has 0 saturated heterocycles. The summed E-state index contributed by atoms with van der Waals surface area (Å²) in [5, 5.41) is 9.32. The Bertz CT molecular complexity index is 627. The van der Waals surface area contributed by atoms with E-state index < -0.39 is 5.97 Å². The van der Waals surface area contributed by atoms with E-state index in [2.05, 4.69) is 6.58 Å². The molecule has 0 atom stereocenters. The van der Waals surface area contributed by atoms with Gasteiger partial charge in [-0.3, -0.25) is 0 Å². The minimum absolute atomic E-state index is 0.335. The Labute approximate surface area is 113 Å². The maximum Gasteiger partial charge on any atom is 0.336 e. The van der Waals surface area contributed by atoms with Gasteiger partial charge in [-0.05, 0) is 47.7 Å². The monoisotopic (exact) mass is 252 g/mol. The number of allylic oxidation sites excluding steroid dienone is 1. The molecule has 2 nitrogen and oxygen atoms in total. The standard InChI is InChI=1S/C17H16O2/c1-3-6-13-9-10-15(17(18)19)16(11-13)14-8-5-4-7-12(14)2/h3-5,7-11H,1,6H2,2H3,(H,18,19). The fourth-order valence-electron chi connectivity index (χ4n) is 2.17. The minimum Gasteiger partial charge on any atom is -0.478 e. The van der Waals surface area contributed by atoms with E-state index in [1.165, 1.54) is 0 Å². The molecule has 0 amide bonds. The second-order valence-electron chi connectivity index (χ2n) is 4.49. The molecular formula is C17H16O2. The van der Waals surface area contributed by atoms with Crippen LogP contribution in [-0.4, -0.2) is 11.1 Å². The number of carbonyl (C=O) groups is 1. The molecule has 19 heavy (non-hydrogen) atoms. The van der Waals surface area contributed by atoms with Crippen molar-refractivity contribution in [1.82, 2.24) is 0 Å². The second kappa shape index (κ2) is 5.53. The van der Waals surface area contributed by atoms with Crippen molar-refractivity contribution in [3.05, 3.63) is 71.8 Å². The third kappa shape index (κ3) is 2.74. The first-order valence-corrected chi connectivity index (χ1v) is 6.16. The first kappa shape index (κ1) is 13.1. The van der Waals surface area contributed by atoms with Crippen molar-refractivity contribution >= 4 is 5.97 Å². The first-order chi connectivity index (χ1) is 9.13. The van der Waals surface area contributed by atoms with E-state index in [9.17, 15) is 9.90 Å². The van der Waals surface area contributed by atoms with Crippen molar-refractivity contribution in [2.75, 3.05) is 0 Å². The van der Waals surface area contributed by atoms with Crippen molar-refractivity contribution in [3.8, 4) is 11.1 Å². The van der Waals surface area contributed by atoms with Gasteiger partial charge >= 0.3 is 5.97 Å². The number of benzene rings is 2. The summed E-state index contributed by atoms with van der Waals surface area (Å²) in [5.74, 6) is -0.900. The number of hydrogen-bond acceptors (Lipinski definition) is 1. The summed E-state index contributed by atoms with van der Waals surface area (Å²) in [5.41, 5.74) is 4.21. The van der Waals surface area contributed by atoms with Crippen LogP contribution in [0.3, 0.4) is 0 Å². The highest BCUT2D eigenvalue weighted by Gasteiger charge is 2.13. The average Bonchev–Trinajstić information content (AvgIpc) is 2.39. The fraction of sp³-hybridized carbons (Fsp3) is 0.118. The molecule has 0 aliphatic carbocycles. The lowest BCUT2D eigenvalue weighted by atomic mass is 9.93. The van der Waals surface area contributed by atoms with Gasteiger partial charge in [-0.15, -0.1) is 6.58 Å². The predicted octanol–water partition coefficient (Wildman–Crippen LogP) is 4.09. The Kier molecular flexibility index (Phi) is 3.81. The van der Waals surface area contributed by atoms with Gasteiger partial charge < -0.3 is 5.11 Å². The molecule has 2 aromatic carbocycles. The van der Waals surface area contributed by atoms with Gasteiger partial charge in [0, 0.05) is 0 Å². The van der Waals surface area contributed by atoms with Crippen LogP contribution in [0.5, 0.6) is 0 Å². The molecule has 0 radical (unpaired) electrons. The Morgan fingerprint density at radius 1 is 1.21 bits per heavy atom. The molecule has 2 aromatic rings. The molecule has 0 aliphatic rings. The zero-order valence-corrected chi connectivity index (χ0v) is 10.9. The van der Waals surface area contributed by atoms with E-state index in [1.807, 2.05) is 49.4 Å². The third-order valence-electron chi connectivity index (χ3n) is 3.13. The molecule has 96 valence electrons. The van der Waals surface area contributed by atoms with Gasteiger partial charge in [0.2, 0.25) is 0 Å². The van der Waals surface area contributed by atoms with Crippen molar-refractivity contribution < 1.29 is 9.90 Å². The largest absolute Gasteiger partial charge is 0.478 e. The van der Waals surface area contributed by atoms with Crippen molar-refractivity contribution in [2.45, 2.75) is 13.3 Å². The zero-order valence-electron chi connectivity index (χ0n) is 10.9. The van der Waals surface area contributed by atoms with Crippen LogP contribution in [0.4, 0.5) is 0 Å². The predicted molar refractivity (Wildman–Crippen MR) is 77.5 cm³/mol. The van der Waals surface area contributed by atoms with Gasteiger partial charge in [0.25, 0.3) is 0 Å². The maximum atomic E-state index is 11.4. The van der Waals surface area contributed by atoms with Crippen LogP contribution >= 0.6 is 0 Å². The smallest absolute Gasteiger partial charge is 0.336 e. The zero-order chi connectivity index (χ0) is 13.8. The highest BCUT2D eigenvalue weighted by atomic mass is 16.4. The van der Waals surface area contributed by atoms with Crippen LogP contribution in [0.15, 0.2) is 55.1 Å². The SMILES string of the molecule is C=CCc1ccc(C(=O)O)c(-c2ccccc2C)c1.